The van der Waals surface area contributed by atoms with Gasteiger partial charge in [0.2, 0.25) is 0 Å². The highest BCUT2D eigenvalue weighted by atomic mass is 16.5. The van der Waals surface area contributed by atoms with E-state index in [0.717, 1.165) is 24.8 Å². The first-order chi connectivity index (χ1) is 9.69. The molecule has 1 aromatic carbocycles. The first-order valence-electron chi connectivity index (χ1n) is 7.91. The fourth-order valence-corrected chi connectivity index (χ4v) is 2.72. The first-order valence-corrected chi connectivity index (χ1v) is 7.91. The molecule has 0 radical (unpaired) electrons. The lowest BCUT2D eigenvalue weighted by molar-refractivity contribution is 0.242. The summed E-state index contributed by atoms with van der Waals surface area (Å²) in [5.41, 5.74) is 1.32. The Bertz CT molecular complexity index is 388. The second-order valence-corrected chi connectivity index (χ2v) is 5.97. The third-order valence-corrected chi connectivity index (χ3v) is 3.72. The maximum Gasteiger partial charge on any atom is 0.119 e. The summed E-state index contributed by atoms with van der Waals surface area (Å²) < 4.78 is 5.69. The summed E-state index contributed by atoms with van der Waals surface area (Å²) in [5.74, 6) is 1.75. The van der Waals surface area contributed by atoms with Crippen LogP contribution in [0, 0.1) is 5.92 Å². The Morgan fingerprint density at radius 1 is 1.30 bits per heavy atom. The number of rotatable bonds is 7. The summed E-state index contributed by atoms with van der Waals surface area (Å²) in [6, 6.07) is 8.52. The molecule has 1 fully saturated rings. The van der Waals surface area contributed by atoms with Crippen LogP contribution in [-0.2, 0) is 0 Å². The van der Waals surface area contributed by atoms with Gasteiger partial charge in [-0.25, -0.2) is 0 Å². The lowest BCUT2D eigenvalue weighted by atomic mass is 10.1. The van der Waals surface area contributed by atoms with Crippen LogP contribution in [-0.4, -0.2) is 32.3 Å². The number of hydrogen-bond acceptors (Lipinski definition) is 3. The van der Waals surface area contributed by atoms with E-state index in [9.17, 15) is 0 Å². The Labute approximate surface area is 123 Å². The van der Waals surface area contributed by atoms with Crippen molar-refractivity contribution in [3.63, 3.8) is 0 Å². The lowest BCUT2D eigenvalue weighted by Crippen LogP contribution is -2.26. The second kappa shape index (κ2) is 7.53. The Balaban J connectivity index is 1.83. The molecule has 0 bridgehead atoms. The van der Waals surface area contributed by atoms with Crippen molar-refractivity contribution in [1.82, 2.24) is 5.32 Å². The number of hydrogen-bond donors (Lipinski definition) is 1. The van der Waals surface area contributed by atoms with Crippen molar-refractivity contribution in [3.8, 4) is 5.75 Å². The van der Waals surface area contributed by atoms with Crippen molar-refractivity contribution >= 4 is 5.69 Å². The van der Waals surface area contributed by atoms with Gasteiger partial charge in [-0.1, -0.05) is 6.92 Å². The maximum atomic E-state index is 5.69. The zero-order chi connectivity index (χ0) is 14.4. The molecule has 20 heavy (non-hydrogen) atoms. The summed E-state index contributed by atoms with van der Waals surface area (Å²) in [6.45, 7) is 11.0. The number of anilines is 1. The minimum absolute atomic E-state index is 0.238. The standard InChI is InChI=1S/C17H28N2O/c1-4-10-18-12-15-9-11-19(13-15)16-5-7-17(8-6-16)20-14(2)3/h5-8,14-15,18H,4,9-13H2,1-3H3. The summed E-state index contributed by atoms with van der Waals surface area (Å²) >= 11 is 0. The monoisotopic (exact) mass is 276 g/mol. The van der Waals surface area contributed by atoms with Crippen molar-refractivity contribution in [2.75, 3.05) is 31.1 Å². The van der Waals surface area contributed by atoms with E-state index < -0.39 is 0 Å². The van der Waals surface area contributed by atoms with Crippen molar-refractivity contribution in [1.29, 1.82) is 0 Å². The molecule has 1 heterocycles. The molecule has 0 spiro atoms. The van der Waals surface area contributed by atoms with Gasteiger partial charge in [-0.15, -0.1) is 0 Å². The third-order valence-electron chi connectivity index (χ3n) is 3.72. The molecule has 1 saturated heterocycles. The highest BCUT2D eigenvalue weighted by Gasteiger charge is 2.22. The van der Waals surface area contributed by atoms with E-state index in [1.165, 1.54) is 31.6 Å². The van der Waals surface area contributed by atoms with E-state index >= 15 is 0 Å². The van der Waals surface area contributed by atoms with Crippen LogP contribution < -0.4 is 15.0 Å². The SMILES string of the molecule is CCCNCC1CCN(c2ccc(OC(C)C)cc2)C1. The summed E-state index contributed by atoms with van der Waals surface area (Å²) in [4.78, 5) is 2.48. The van der Waals surface area contributed by atoms with Gasteiger partial charge >= 0.3 is 0 Å². The molecule has 1 aromatic rings. The van der Waals surface area contributed by atoms with Gasteiger partial charge < -0.3 is 15.0 Å². The summed E-state index contributed by atoms with van der Waals surface area (Å²) in [5, 5.41) is 3.53. The highest BCUT2D eigenvalue weighted by molar-refractivity contribution is 5.49. The molecule has 112 valence electrons. The number of nitrogens with one attached hydrogen (secondary N) is 1. The third kappa shape index (κ3) is 4.41. The number of ether oxygens (including phenoxy) is 1. The Kier molecular flexibility index (Phi) is 5.72. The van der Waals surface area contributed by atoms with E-state index in [0.29, 0.717) is 0 Å². The first kappa shape index (κ1) is 15.2. The van der Waals surface area contributed by atoms with Gasteiger partial charge in [0.25, 0.3) is 0 Å². The van der Waals surface area contributed by atoms with Gasteiger partial charge in [-0.2, -0.15) is 0 Å². The molecule has 1 aliphatic rings. The van der Waals surface area contributed by atoms with E-state index in [1.807, 2.05) is 0 Å². The summed E-state index contributed by atoms with van der Waals surface area (Å²) in [6.07, 6.45) is 2.75. The Hall–Kier alpha value is -1.22. The fourth-order valence-electron chi connectivity index (χ4n) is 2.72. The Morgan fingerprint density at radius 2 is 2.05 bits per heavy atom. The lowest BCUT2D eigenvalue weighted by Gasteiger charge is -2.19. The quantitative estimate of drug-likeness (QED) is 0.773. The predicted octanol–water partition coefficient (Wildman–Crippen LogP) is 3.30. The summed E-state index contributed by atoms with van der Waals surface area (Å²) in [7, 11) is 0. The highest BCUT2D eigenvalue weighted by Crippen LogP contribution is 2.25. The molecule has 0 aliphatic carbocycles. The molecule has 0 saturated carbocycles. The van der Waals surface area contributed by atoms with Crippen LogP contribution in [0.4, 0.5) is 5.69 Å². The topological polar surface area (TPSA) is 24.5 Å². The van der Waals surface area contributed by atoms with Crippen molar-refractivity contribution in [3.05, 3.63) is 24.3 Å². The van der Waals surface area contributed by atoms with E-state index in [1.54, 1.807) is 0 Å². The smallest absolute Gasteiger partial charge is 0.119 e. The van der Waals surface area contributed by atoms with Crippen LogP contribution in [0.15, 0.2) is 24.3 Å². The molecule has 3 heteroatoms. The molecular weight excluding hydrogens is 248 g/mol. The van der Waals surface area contributed by atoms with Crippen molar-refractivity contribution in [2.45, 2.75) is 39.7 Å². The zero-order valence-electron chi connectivity index (χ0n) is 13.1. The molecule has 1 atom stereocenters. The van der Waals surface area contributed by atoms with Crippen LogP contribution in [0.1, 0.15) is 33.6 Å². The van der Waals surface area contributed by atoms with Crippen LogP contribution in [0.5, 0.6) is 5.75 Å². The number of benzene rings is 1. The van der Waals surface area contributed by atoms with Gasteiger partial charge in [0.05, 0.1) is 6.10 Å². The normalized spacial score (nSPS) is 18.8. The van der Waals surface area contributed by atoms with Gasteiger partial charge in [-0.05, 0) is 70.0 Å². The maximum absolute atomic E-state index is 5.69. The molecule has 1 unspecified atom stereocenters. The predicted molar refractivity (Wildman–Crippen MR) is 85.7 cm³/mol. The molecule has 1 N–H and O–H groups in total. The minimum Gasteiger partial charge on any atom is -0.491 e. The second-order valence-electron chi connectivity index (χ2n) is 5.97. The number of nitrogens with zero attached hydrogens (tertiary/aromatic N) is 1. The fraction of sp³-hybridized carbons (Fsp3) is 0.647. The molecule has 1 aliphatic heterocycles. The van der Waals surface area contributed by atoms with E-state index in [4.69, 9.17) is 4.74 Å². The molecule has 3 nitrogen and oxygen atoms in total. The average Bonchev–Trinajstić information content (AvgIpc) is 2.88. The average molecular weight is 276 g/mol. The van der Waals surface area contributed by atoms with Gasteiger partial charge in [-0.3, -0.25) is 0 Å². The van der Waals surface area contributed by atoms with Crippen LogP contribution in [0.2, 0.25) is 0 Å². The van der Waals surface area contributed by atoms with Gasteiger partial charge in [0.15, 0.2) is 0 Å². The molecule has 0 aromatic heterocycles. The van der Waals surface area contributed by atoms with Crippen LogP contribution in [0.3, 0.4) is 0 Å². The van der Waals surface area contributed by atoms with E-state index in [2.05, 4.69) is 55.3 Å². The van der Waals surface area contributed by atoms with Crippen LogP contribution >= 0.6 is 0 Å². The molecular formula is C17H28N2O. The van der Waals surface area contributed by atoms with Crippen molar-refractivity contribution in [2.24, 2.45) is 5.92 Å². The van der Waals surface area contributed by atoms with Crippen molar-refractivity contribution < 1.29 is 4.74 Å². The molecule has 2 rings (SSSR count). The zero-order valence-corrected chi connectivity index (χ0v) is 13.1. The Morgan fingerprint density at radius 3 is 2.70 bits per heavy atom. The van der Waals surface area contributed by atoms with Crippen LogP contribution in [0.25, 0.3) is 0 Å². The minimum atomic E-state index is 0.238. The largest absolute Gasteiger partial charge is 0.491 e. The van der Waals surface area contributed by atoms with E-state index in [-0.39, 0.29) is 6.10 Å². The molecule has 0 amide bonds. The van der Waals surface area contributed by atoms with Gasteiger partial charge in [0, 0.05) is 18.8 Å². The van der Waals surface area contributed by atoms with Gasteiger partial charge in [0.1, 0.15) is 5.75 Å².